The molecule has 0 saturated heterocycles. The van der Waals surface area contributed by atoms with Crippen molar-refractivity contribution in [1.82, 2.24) is 15.0 Å². The van der Waals surface area contributed by atoms with E-state index in [0.717, 1.165) is 4.90 Å². The summed E-state index contributed by atoms with van der Waals surface area (Å²) in [6.07, 6.45) is 0. The second-order valence-electron chi connectivity index (χ2n) is 3.65. The third kappa shape index (κ3) is 1.95. The zero-order valence-corrected chi connectivity index (χ0v) is 9.93. The van der Waals surface area contributed by atoms with Gasteiger partial charge in [-0.25, -0.2) is 24.5 Å². The van der Waals surface area contributed by atoms with Gasteiger partial charge in [0, 0.05) is 4.90 Å². The molecule has 6 nitrogen and oxygen atoms in total. The van der Waals surface area contributed by atoms with Crippen molar-refractivity contribution in [3.8, 4) is 0 Å². The van der Waals surface area contributed by atoms with Gasteiger partial charge in [-0.15, -0.1) is 0 Å². The summed E-state index contributed by atoms with van der Waals surface area (Å²) in [5.41, 5.74) is -0.131. The molecule has 0 aliphatic rings. The molecule has 0 radical (unpaired) electrons. The minimum atomic E-state index is -0.409. The summed E-state index contributed by atoms with van der Waals surface area (Å²) in [6.45, 7) is 0. The Bertz CT molecular complexity index is 803. The Hall–Kier alpha value is -2.28. The maximum Gasteiger partial charge on any atom is 0.382 e. The summed E-state index contributed by atoms with van der Waals surface area (Å²) in [6, 6.07) is 9.61. The molecule has 0 fully saturated rings. The lowest BCUT2D eigenvalue weighted by molar-refractivity contribution is -0.405. The van der Waals surface area contributed by atoms with E-state index in [-0.39, 0.29) is 11.1 Å². The number of fused-ring (bicyclic) bond motifs is 1. The normalized spacial score (nSPS) is 10.9. The zero-order valence-electron chi connectivity index (χ0n) is 9.11. The molecule has 0 saturated carbocycles. The minimum absolute atomic E-state index is 0.220. The number of aromatic nitrogens is 4. The maximum atomic E-state index is 11.7. The second-order valence-corrected chi connectivity index (χ2v) is 4.74. The molecule has 0 amide bonds. The number of benzene rings is 1. The summed E-state index contributed by atoms with van der Waals surface area (Å²) in [5.74, 6) is 0. The molecule has 0 atom stereocenters. The van der Waals surface area contributed by atoms with Crippen LogP contribution in [0.25, 0.3) is 11.2 Å². The van der Waals surface area contributed by atoms with Crippen LogP contribution in [0.5, 0.6) is 0 Å². The molecule has 3 rings (SSSR count). The van der Waals surface area contributed by atoms with E-state index in [2.05, 4.69) is 19.9 Å². The van der Waals surface area contributed by atoms with Crippen LogP contribution in [0, 0.1) is 0 Å². The Labute approximate surface area is 104 Å². The van der Waals surface area contributed by atoms with Crippen LogP contribution in [0.3, 0.4) is 0 Å². The van der Waals surface area contributed by atoms with Crippen LogP contribution in [0.15, 0.2) is 50.0 Å². The van der Waals surface area contributed by atoms with E-state index in [0.29, 0.717) is 10.8 Å². The van der Waals surface area contributed by atoms with E-state index >= 15 is 0 Å². The summed E-state index contributed by atoms with van der Waals surface area (Å²) in [5, 5.41) is 0.564. The highest BCUT2D eigenvalue weighted by atomic mass is 32.2. The molecule has 4 N–H and O–H groups in total. The number of H-pyrrole nitrogens is 4. The van der Waals surface area contributed by atoms with Gasteiger partial charge in [0.2, 0.25) is 0 Å². The Morgan fingerprint density at radius 1 is 1.00 bits per heavy atom. The SMILES string of the molecule is O=c1[nH]c2[nH+]c(Sc3ccccc3)[nH]c(=O)c2[nH]1. The molecular weight excluding hydrogens is 252 g/mol. The van der Waals surface area contributed by atoms with Gasteiger partial charge in [-0.3, -0.25) is 4.98 Å². The summed E-state index contributed by atoms with van der Waals surface area (Å²) in [4.78, 5) is 34.4. The first-order valence-corrected chi connectivity index (χ1v) is 6.04. The van der Waals surface area contributed by atoms with Gasteiger partial charge in [0.05, 0.1) is 0 Å². The molecule has 0 aliphatic carbocycles. The highest BCUT2D eigenvalue weighted by Gasteiger charge is 2.12. The highest BCUT2D eigenvalue weighted by molar-refractivity contribution is 7.99. The van der Waals surface area contributed by atoms with Gasteiger partial charge in [0.15, 0.2) is 5.52 Å². The number of imidazole rings is 1. The molecule has 0 spiro atoms. The van der Waals surface area contributed by atoms with Crippen molar-refractivity contribution in [2.45, 2.75) is 10.1 Å². The number of rotatable bonds is 2. The van der Waals surface area contributed by atoms with Crippen LogP contribution in [0.2, 0.25) is 0 Å². The Morgan fingerprint density at radius 3 is 2.56 bits per heavy atom. The standard InChI is InChI=1S/C11H8N4O2S/c16-9-7-8(13-10(17)12-7)14-11(15-9)18-6-4-2-1-3-5-6/h1-5H,(H3,12,13,14,15,16,17)/p+1. The van der Waals surface area contributed by atoms with Crippen LogP contribution in [-0.2, 0) is 0 Å². The monoisotopic (exact) mass is 261 g/mol. The predicted molar refractivity (Wildman–Crippen MR) is 66.7 cm³/mol. The topological polar surface area (TPSA) is 95.7 Å². The van der Waals surface area contributed by atoms with E-state index in [4.69, 9.17) is 0 Å². The number of hydrogen-bond donors (Lipinski definition) is 3. The second kappa shape index (κ2) is 4.19. The van der Waals surface area contributed by atoms with Crippen LogP contribution in [0.4, 0.5) is 0 Å². The molecule has 0 unspecified atom stereocenters. The van der Waals surface area contributed by atoms with E-state index in [9.17, 15) is 9.59 Å². The molecule has 3 aromatic rings. The molecule has 2 aromatic heterocycles. The average molecular weight is 261 g/mol. The van der Waals surface area contributed by atoms with E-state index in [1.807, 2.05) is 30.3 Å². The zero-order chi connectivity index (χ0) is 12.5. The van der Waals surface area contributed by atoms with Gasteiger partial charge < -0.3 is 0 Å². The quantitative estimate of drug-likeness (QED) is 0.586. The molecule has 0 aliphatic heterocycles. The Morgan fingerprint density at radius 2 is 1.78 bits per heavy atom. The van der Waals surface area contributed by atoms with Crippen molar-refractivity contribution >= 4 is 22.9 Å². The third-order valence-corrected chi connectivity index (χ3v) is 3.30. The molecular formula is C11H9N4O2S+. The first kappa shape index (κ1) is 10.8. The van der Waals surface area contributed by atoms with Crippen molar-refractivity contribution in [2.75, 3.05) is 0 Å². The fourth-order valence-corrected chi connectivity index (χ4v) is 2.44. The lowest BCUT2D eigenvalue weighted by atomic mass is 10.4. The van der Waals surface area contributed by atoms with Crippen molar-refractivity contribution in [3.63, 3.8) is 0 Å². The average Bonchev–Trinajstić information content (AvgIpc) is 2.72. The van der Waals surface area contributed by atoms with Crippen molar-refractivity contribution in [2.24, 2.45) is 0 Å². The molecule has 2 heterocycles. The molecule has 0 bridgehead atoms. The summed E-state index contributed by atoms with van der Waals surface area (Å²) >= 11 is 1.38. The van der Waals surface area contributed by atoms with Gasteiger partial charge in [-0.05, 0) is 23.9 Å². The lowest BCUT2D eigenvalue weighted by Crippen LogP contribution is -2.19. The fraction of sp³-hybridized carbons (Fsp3) is 0. The minimum Gasteiger partial charge on any atom is -0.283 e. The number of nitrogens with one attached hydrogen (secondary N) is 4. The highest BCUT2D eigenvalue weighted by Crippen LogP contribution is 2.21. The van der Waals surface area contributed by atoms with Gasteiger partial charge >= 0.3 is 11.2 Å². The van der Waals surface area contributed by atoms with Gasteiger partial charge in [0.1, 0.15) is 0 Å². The summed E-state index contributed by atoms with van der Waals surface area (Å²) in [7, 11) is 0. The Kier molecular flexibility index (Phi) is 2.52. The number of aromatic amines is 4. The van der Waals surface area contributed by atoms with Crippen LogP contribution in [-0.4, -0.2) is 15.0 Å². The molecule has 7 heteroatoms. The summed E-state index contributed by atoms with van der Waals surface area (Å²) < 4.78 is 0. The van der Waals surface area contributed by atoms with E-state index in [1.165, 1.54) is 11.8 Å². The lowest BCUT2D eigenvalue weighted by Gasteiger charge is -1.96. The van der Waals surface area contributed by atoms with Gasteiger partial charge in [-0.1, -0.05) is 18.2 Å². The van der Waals surface area contributed by atoms with Crippen molar-refractivity contribution < 1.29 is 4.98 Å². The molecule has 90 valence electrons. The fourth-order valence-electron chi connectivity index (χ4n) is 1.62. The van der Waals surface area contributed by atoms with Crippen molar-refractivity contribution in [1.29, 1.82) is 0 Å². The van der Waals surface area contributed by atoms with Gasteiger partial charge in [-0.2, -0.15) is 0 Å². The predicted octanol–water partition coefficient (Wildman–Crippen LogP) is 0.510. The maximum absolute atomic E-state index is 11.7. The van der Waals surface area contributed by atoms with Crippen LogP contribution < -0.4 is 16.2 Å². The van der Waals surface area contributed by atoms with Crippen molar-refractivity contribution in [3.05, 3.63) is 51.2 Å². The van der Waals surface area contributed by atoms with E-state index < -0.39 is 5.69 Å². The van der Waals surface area contributed by atoms with E-state index in [1.54, 1.807) is 0 Å². The number of hydrogen-bond acceptors (Lipinski definition) is 3. The molecule has 1 aromatic carbocycles. The first-order valence-electron chi connectivity index (χ1n) is 5.23. The first-order chi connectivity index (χ1) is 8.72. The van der Waals surface area contributed by atoms with Crippen LogP contribution >= 0.6 is 11.8 Å². The Balaban J connectivity index is 2.08. The smallest absolute Gasteiger partial charge is 0.283 e. The van der Waals surface area contributed by atoms with Gasteiger partial charge in [0.25, 0.3) is 10.8 Å². The van der Waals surface area contributed by atoms with Crippen LogP contribution in [0.1, 0.15) is 0 Å². The molecule has 18 heavy (non-hydrogen) atoms. The third-order valence-electron chi connectivity index (χ3n) is 2.38. The largest absolute Gasteiger partial charge is 0.382 e.